The van der Waals surface area contributed by atoms with Crippen LogP contribution in [0.2, 0.25) is 0 Å². The van der Waals surface area contributed by atoms with Crippen LogP contribution in [0.15, 0.2) is 16.9 Å². The van der Waals surface area contributed by atoms with Crippen molar-refractivity contribution in [1.82, 2.24) is 9.88 Å². The highest BCUT2D eigenvalue weighted by Crippen LogP contribution is 2.31. The van der Waals surface area contributed by atoms with E-state index in [1.54, 1.807) is 0 Å². The molecule has 0 spiro atoms. The number of rotatable bonds is 1. The summed E-state index contributed by atoms with van der Waals surface area (Å²) >= 11 is 0. The van der Waals surface area contributed by atoms with Crippen LogP contribution in [0.4, 0.5) is 4.39 Å². The first-order valence-corrected chi connectivity index (χ1v) is 5.78. The summed E-state index contributed by atoms with van der Waals surface area (Å²) in [7, 11) is 0. The summed E-state index contributed by atoms with van der Waals surface area (Å²) in [6.45, 7) is 2.13. The molecule has 86 valence electrons. The van der Waals surface area contributed by atoms with Gasteiger partial charge in [0, 0.05) is 30.8 Å². The minimum absolute atomic E-state index is 0.0400. The molecule has 1 aromatic rings. The molecule has 2 aliphatic rings. The molecule has 3 nitrogen and oxygen atoms in total. The van der Waals surface area contributed by atoms with Crippen molar-refractivity contribution in [2.24, 2.45) is 5.92 Å². The number of hydrogen-bond donors (Lipinski definition) is 1. The van der Waals surface area contributed by atoms with Crippen LogP contribution >= 0.6 is 0 Å². The van der Waals surface area contributed by atoms with Gasteiger partial charge in [0.25, 0.3) is 5.56 Å². The third-order valence-corrected chi connectivity index (χ3v) is 3.67. The van der Waals surface area contributed by atoms with E-state index in [0.29, 0.717) is 17.4 Å². The van der Waals surface area contributed by atoms with E-state index >= 15 is 0 Å². The Morgan fingerprint density at radius 1 is 1.44 bits per heavy atom. The van der Waals surface area contributed by atoms with Crippen molar-refractivity contribution in [2.45, 2.75) is 25.6 Å². The lowest BCUT2D eigenvalue weighted by Gasteiger charge is -2.37. The van der Waals surface area contributed by atoms with Gasteiger partial charge < -0.3 is 9.88 Å². The molecule has 0 aliphatic carbocycles. The molecule has 3 rings (SSSR count). The van der Waals surface area contributed by atoms with Crippen LogP contribution in [0.3, 0.4) is 0 Å². The van der Waals surface area contributed by atoms with E-state index in [1.807, 2.05) is 10.6 Å². The van der Waals surface area contributed by atoms with Crippen LogP contribution in [-0.2, 0) is 13.2 Å². The maximum Gasteiger partial charge on any atom is 0.251 e. The third kappa shape index (κ3) is 1.48. The molecule has 3 heterocycles. The minimum atomic E-state index is -0.549. The molecule has 0 saturated carbocycles. The number of aromatic nitrogens is 1. The molecule has 1 fully saturated rings. The van der Waals surface area contributed by atoms with Crippen molar-refractivity contribution in [3.8, 4) is 0 Å². The van der Waals surface area contributed by atoms with Crippen molar-refractivity contribution >= 4 is 0 Å². The lowest BCUT2D eigenvalue weighted by molar-refractivity contribution is 0.256. The summed E-state index contributed by atoms with van der Waals surface area (Å²) in [6, 6.07) is 3.28. The highest BCUT2D eigenvalue weighted by Gasteiger charge is 2.30. The number of halogens is 1. The molecule has 1 saturated heterocycles. The average Bonchev–Trinajstić information content (AvgIpc) is 2.31. The highest BCUT2D eigenvalue weighted by atomic mass is 19.1. The zero-order valence-electron chi connectivity index (χ0n) is 9.08. The topological polar surface area (TPSA) is 34.0 Å². The fourth-order valence-electron chi connectivity index (χ4n) is 2.94. The molecule has 2 atom stereocenters. The van der Waals surface area contributed by atoms with Gasteiger partial charge in [-0.3, -0.25) is 4.79 Å². The first-order chi connectivity index (χ1) is 7.78. The van der Waals surface area contributed by atoms with Crippen LogP contribution < -0.4 is 10.9 Å². The Kier molecular flexibility index (Phi) is 2.32. The molecule has 16 heavy (non-hydrogen) atoms. The van der Waals surface area contributed by atoms with Gasteiger partial charge in [0.1, 0.15) is 6.67 Å². The molecule has 4 heteroatoms. The summed E-state index contributed by atoms with van der Waals surface area (Å²) in [5.41, 5.74) is 1.49. The number of fused-ring (bicyclic) bond motifs is 4. The second-order valence-corrected chi connectivity index (χ2v) is 4.83. The number of piperidine rings is 1. The van der Waals surface area contributed by atoms with Gasteiger partial charge in [0.05, 0.1) is 0 Å². The smallest absolute Gasteiger partial charge is 0.251 e. The van der Waals surface area contributed by atoms with Crippen LogP contribution in [-0.4, -0.2) is 17.7 Å². The maximum absolute atomic E-state index is 12.6. The highest BCUT2D eigenvalue weighted by molar-refractivity contribution is 5.23. The van der Waals surface area contributed by atoms with Crippen molar-refractivity contribution in [3.63, 3.8) is 0 Å². The SMILES string of the molecule is O=c1cc(CF)cc2n1CC1CNCC2C1. The molecule has 2 aliphatic heterocycles. The van der Waals surface area contributed by atoms with Gasteiger partial charge in [-0.05, 0) is 30.5 Å². The summed E-state index contributed by atoms with van der Waals surface area (Å²) in [4.78, 5) is 11.9. The van der Waals surface area contributed by atoms with Crippen LogP contribution in [0.25, 0.3) is 0 Å². The fraction of sp³-hybridized carbons (Fsp3) is 0.583. The predicted octanol–water partition coefficient (Wildman–Crippen LogP) is 1.02. The summed E-state index contributed by atoms with van der Waals surface area (Å²) in [5.74, 6) is 0.937. The normalized spacial score (nSPS) is 27.6. The van der Waals surface area contributed by atoms with Crippen molar-refractivity contribution in [3.05, 3.63) is 33.7 Å². The van der Waals surface area contributed by atoms with Gasteiger partial charge in [-0.1, -0.05) is 0 Å². The standard InChI is InChI=1S/C12H15FN2O/c13-4-8-2-11-10-1-9(5-14-6-10)7-15(11)12(16)3-8/h2-3,9-10,14H,1,4-7H2. The predicted molar refractivity (Wildman–Crippen MR) is 59.2 cm³/mol. The van der Waals surface area contributed by atoms with E-state index in [-0.39, 0.29) is 5.56 Å². The number of pyridine rings is 1. The maximum atomic E-state index is 12.6. The fourth-order valence-corrected chi connectivity index (χ4v) is 2.94. The number of hydrogen-bond acceptors (Lipinski definition) is 2. The Balaban J connectivity index is 2.13. The van der Waals surface area contributed by atoms with Gasteiger partial charge in [0.2, 0.25) is 0 Å². The largest absolute Gasteiger partial charge is 0.316 e. The zero-order chi connectivity index (χ0) is 11.1. The van der Waals surface area contributed by atoms with Crippen LogP contribution in [0.1, 0.15) is 23.6 Å². The van der Waals surface area contributed by atoms with Gasteiger partial charge in [-0.2, -0.15) is 0 Å². The molecule has 2 bridgehead atoms. The van der Waals surface area contributed by atoms with Gasteiger partial charge in [-0.15, -0.1) is 0 Å². The Morgan fingerprint density at radius 3 is 3.12 bits per heavy atom. The van der Waals surface area contributed by atoms with E-state index in [9.17, 15) is 9.18 Å². The lowest BCUT2D eigenvalue weighted by Crippen LogP contribution is -2.44. The second kappa shape index (κ2) is 3.70. The Labute approximate surface area is 93.3 Å². The van der Waals surface area contributed by atoms with E-state index in [1.165, 1.54) is 6.07 Å². The zero-order valence-corrected chi connectivity index (χ0v) is 9.08. The van der Waals surface area contributed by atoms with E-state index in [2.05, 4.69) is 5.32 Å². The Bertz CT molecular complexity index is 469. The first-order valence-electron chi connectivity index (χ1n) is 5.78. The average molecular weight is 222 g/mol. The first kappa shape index (κ1) is 10.0. The molecular formula is C12H15FN2O. The molecular weight excluding hydrogens is 207 g/mol. The van der Waals surface area contributed by atoms with Gasteiger partial charge in [-0.25, -0.2) is 4.39 Å². The van der Waals surface area contributed by atoms with E-state index in [0.717, 1.165) is 31.7 Å². The monoisotopic (exact) mass is 222 g/mol. The molecule has 1 N–H and O–H groups in total. The molecule has 0 radical (unpaired) electrons. The molecule has 0 aromatic carbocycles. The Hall–Kier alpha value is -1.16. The molecule has 2 unspecified atom stereocenters. The van der Waals surface area contributed by atoms with Crippen molar-refractivity contribution < 1.29 is 4.39 Å². The quantitative estimate of drug-likeness (QED) is 0.770. The Morgan fingerprint density at radius 2 is 2.31 bits per heavy atom. The van der Waals surface area contributed by atoms with E-state index < -0.39 is 6.67 Å². The number of alkyl halides is 1. The third-order valence-electron chi connectivity index (χ3n) is 3.67. The number of nitrogens with zero attached hydrogens (tertiary/aromatic N) is 1. The van der Waals surface area contributed by atoms with Crippen molar-refractivity contribution in [1.29, 1.82) is 0 Å². The van der Waals surface area contributed by atoms with Crippen LogP contribution in [0, 0.1) is 5.92 Å². The van der Waals surface area contributed by atoms with Crippen LogP contribution in [0.5, 0.6) is 0 Å². The van der Waals surface area contributed by atoms with E-state index in [4.69, 9.17) is 0 Å². The summed E-state index contributed by atoms with van der Waals surface area (Å²) in [6.07, 6.45) is 1.13. The minimum Gasteiger partial charge on any atom is -0.316 e. The van der Waals surface area contributed by atoms with Gasteiger partial charge >= 0.3 is 0 Å². The van der Waals surface area contributed by atoms with Gasteiger partial charge in [0.15, 0.2) is 0 Å². The lowest BCUT2D eigenvalue weighted by atomic mass is 9.84. The second-order valence-electron chi connectivity index (χ2n) is 4.83. The number of nitrogens with one attached hydrogen (secondary N) is 1. The summed E-state index contributed by atoms with van der Waals surface area (Å²) < 4.78 is 14.5. The summed E-state index contributed by atoms with van der Waals surface area (Å²) in [5, 5.41) is 3.38. The van der Waals surface area contributed by atoms with Crippen molar-refractivity contribution in [2.75, 3.05) is 13.1 Å². The molecule has 0 amide bonds. The molecule has 1 aromatic heterocycles.